The van der Waals surface area contributed by atoms with Crippen LogP contribution in [0.4, 0.5) is 4.79 Å². The van der Waals surface area contributed by atoms with E-state index in [9.17, 15) is 9.59 Å². The van der Waals surface area contributed by atoms with Gasteiger partial charge in [-0.3, -0.25) is 9.48 Å². The Balaban J connectivity index is 1.75. The number of hydrogen-bond donors (Lipinski definition) is 1. The van der Waals surface area contributed by atoms with E-state index in [1.165, 1.54) is 10.2 Å². The van der Waals surface area contributed by atoms with Gasteiger partial charge in [0.25, 0.3) is 5.56 Å². The fourth-order valence-electron chi connectivity index (χ4n) is 3.60. The van der Waals surface area contributed by atoms with E-state index in [4.69, 9.17) is 11.6 Å². The Labute approximate surface area is 149 Å². The molecule has 4 rings (SSSR count). The average Bonchev–Trinajstić information content (AvgIpc) is 3.07. The summed E-state index contributed by atoms with van der Waals surface area (Å²) in [5.74, 6) is 0. The largest absolute Gasteiger partial charge is 0.344 e. The van der Waals surface area contributed by atoms with Crippen molar-refractivity contribution >= 4 is 28.7 Å². The second-order valence-electron chi connectivity index (χ2n) is 6.34. The number of fused-ring (bicyclic) bond motifs is 2. The predicted molar refractivity (Wildman–Crippen MR) is 96.2 cm³/mol. The molecule has 1 amide bonds. The van der Waals surface area contributed by atoms with Gasteiger partial charge in [-0.1, -0.05) is 35.9 Å². The third kappa shape index (κ3) is 2.44. The summed E-state index contributed by atoms with van der Waals surface area (Å²) >= 11 is 5.99. The molecule has 25 heavy (non-hydrogen) atoms. The quantitative estimate of drug-likeness (QED) is 0.681. The number of carbonyl (C=O) groups excluding carboxylic acids is 1. The number of nitrogens with zero attached hydrogens (tertiary/aromatic N) is 3. The highest BCUT2D eigenvalue weighted by molar-refractivity contribution is 6.29. The third-order valence-electron chi connectivity index (χ3n) is 4.80. The highest BCUT2D eigenvalue weighted by atomic mass is 35.5. The highest BCUT2D eigenvalue weighted by Crippen LogP contribution is 2.30. The number of carbonyl (C=O) groups is 1. The number of hydrogen-bond acceptors (Lipinski definition) is 3. The Bertz CT molecular complexity index is 1070. The summed E-state index contributed by atoms with van der Waals surface area (Å²) in [6.07, 6.45) is 1.74. The molecule has 1 aliphatic carbocycles. The molecule has 1 N–H and O–H groups in total. The van der Waals surface area contributed by atoms with Crippen molar-refractivity contribution in [3.8, 4) is 0 Å². The number of aromatic nitrogens is 3. The molecule has 1 aliphatic rings. The first-order chi connectivity index (χ1) is 12.0. The molecule has 1 aromatic carbocycles. The van der Waals surface area contributed by atoms with Crippen LogP contribution in [0.3, 0.4) is 0 Å². The number of rotatable bonds is 1. The number of halogens is 1. The van der Waals surface area contributed by atoms with Crippen molar-refractivity contribution in [1.29, 1.82) is 0 Å². The first-order valence-electron chi connectivity index (χ1n) is 8.11. The van der Waals surface area contributed by atoms with Crippen LogP contribution in [0.15, 0.2) is 35.1 Å². The van der Waals surface area contributed by atoms with Crippen LogP contribution in [0.25, 0.3) is 11.0 Å². The minimum atomic E-state index is -0.456. The average molecular weight is 357 g/mol. The molecule has 3 aromatic rings. The van der Waals surface area contributed by atoms with Gasteiger partial charge in [0.1, 0.15) is 5.15 Å². The Morgan fingerprint density at radius 2 is 2.12 bits per heavy atom. The van der Waals surface area contributed by atoms with Crippen molar-refractivity contribution in [1.82, 2.24) is 19.7 Å². The summed E-state index contributed by atoms with van der Waals surface area (Å²) in [4.78, 5) is 29.7. The second kappa shape index (κ2) is 5.74. The molecule has 0 radical (unpaired) electrons. The summed E-state index contributed by atoms with van der Waals surface area (Å²) in [5.41, 5.74) is 3.06. The van der Waals surface area contributed by atoms with Gasteiger partial charge in [-0.05, 0) is 42.5 Å². The number of aryl methyl sites for hydroxylation is 3. The molecule has 0 fully saturated rings. The van der Waals surface area contributed by atoms with Crippen LogP contribution in [0, 0.1) is 6.92 Å². The Morgan fingerprint density at radius 1 is 1.36 bits per heavy atom. The molecule has 0 aliphatic heterocycles. The Morgan fingerprint density at radius 3 is 2.92 bits per heavy atom. The molecule has 128 valence electrons. The monoisotopic (exact) mass is 356 g/mol. The zero-order valence-corrected chi connectivity index (χ0v) is 14.7. The summed E-state index contributed by atoms with van der Waals surface area (Å²) < 4.78 is 2.54. The van der Waals surface area contributed by atoms with Crippen LogP contribution in [0.2, 0.25) is 5.15 Å². The minimum absolute atomic E-state index is 0.0914. The van der Waals surface area contributed by atoms with Crippen LogP contribution in [0.5, 0.6) is 0 Å². The highest BCUT2D eigenvalue weighted by Gasteiger charge is 2.26. The molecule has 2 heterocycles. The Hall–Kier alpha value is -2.60. The number of amides is 1. The lowest BCUT2D eigenvalue weighted by molar-refractivity contribution is 0.232. The molecular weight excluding hydrogens is 340 g/mol. The number of benzene rings is 1. The van der Waals surface area contributed by atoms with Crippen molar-refractivity contribution < 1.29 is 4.79 Å². The van der Waals surface area contributed by atoms with E-state index in [-0.39, 0.29) is 11.6 Å². The fraction of sp³-hybridized carbons (Fsp3) is 0.278. The van der Waals surface area contributed by atoms with Crippen molar-refractivity contribution in [2.75, 3.05) is 0 Å². The third-order valence-corrected chi connectivity index (χ3v) is 5.00. The fourth-order valence-corrected chi connectivity index (χ4v) is 3.84. The maximum absolute atomic E-state index is 12.8. The molecule has 0 saturated carbocycles. The molecule has 2 aromatic heterocycles. The summed E-state index contributed by atoms with van der Waals surface area (Å²) in [5, 5.41) is 3.68. The van der Waals surface area contributed by atoms with Gasteiger partial charge in [0.2, 0.25) is 0 Å². The SMILES string of the molecule is Cc1cc(Cl)nc2c1c(=O)n(C(=O)N[C@H]1CCc3ccccc31)n2C. The van der Waals surface area contributed by atoms with Crippen LogP contribution in [0.1, 0.15) is 29.2 Å². The molecule has 1 atom stereocenters. The maximum Gasteiger partial charge on any atom is 0.344 e. The van der Waals surface area contributed by atoms with E-state index in [2.05, 4.69) is 16.4 Å². The Kier molecular flexibility index (Phi) is 3.65. The van der Waals surface area contributed by atoms with E-state index in [0.717, 1.165) is 23.1 Å². The smallest absolute Gasteiger partial charge is 0.329 e. The van der Waals surface area contributed by atoms with Crippen LogP contribution < -0.4 is 10.9 Å². The van der Waals surface area contributed by atoms with Crippen molar-refractivity contribution in [2.24, 2.45) is 7.05 Å². The van der Waals surface area contributed by atoms with E-state index < -0.39 is 6.03 Å². The van der Waals surface area contributed by atoms with Crippen molar-refractivity contribution in [2.45, 2.75) is 25.8 Å². The first-order valence-corrected chi connectivity index (χ1v) is 8.48. The molecular formula is C18H17ClN4O2. The summed E-state index contributed by atoms with van der Waals surface area (Å²) in [6, 6.07) is 9.12. The second-order valence-corrected chi connectivity index (χ2v) is 6.73. The van der Waals surface area contributed by atoms with Gasteiger partial charge < -0.3 is 5.32 Å². The minimum Gasteiger partial charge on any atom is -0.329 e. The molecule has 0 saturated heterocycles. The lowest BCUT2D eigenvalue weighted by Gasteiger charge is -2.15. The van der Waals surface area contributed by atoms with Gasteiger partial charge in [-0.25, -0.2) is 9.78 Å². The number of pyridine rings is 1. The van der Waals surface area contributed by atoms with E-state index in [1.54, 1.807) is 20.0 Å². The predicted octanol–water partition coefficient (Wildman–Crippen LogP) is 2.94. The maximum atomic E-state index is 12.8. The van der Waals surface area contributed by atoms with Crippen molar-refractivity contribution in [3.63, 3.8) is 0 Å². The van der Waals surface area contributed by atoms with E-state index >= 15 is 0 Å². The molecule has 0 unspecified atom stereocenters. The first kappa shape index (κ1) is 15.9. The lowest BCUT2D eigenvalue weighted by Crippen LogP contribution is -2.39. The normalized spacial score (nSPS) is 16.2. The van der Waals surface area contributed by atoms with Crippen LogP contribution in [-0.2, 0) is 13.5 Å². The van der Waals surface area contributed by atoms with Gasteiger partial charge >= 0.3 is 6.03 Å². The van der Waals surface area contributed by atoms with Crippen LogP contribution in [-0.4, -0.2) is 20.4 Å². The molecule has 0 bridgehead atoms. The van der Waals surface area contributed by atoms with Crippen molar-refractivity contribution in [3.05, 3.63) is 62.5 Å². The molecule has 7 heteroatoms. The van der Waals surface area contributed by atoms with E-state index in [1.807, 2.05) is 18.2 Å². The topological polar surface area (TPSA) is 68.9 Å². The van der Waals surface area contributed by atoms with Gasteiger partial charge in [0, 0.05) is 7.05 Å². The summed E-state index contributed by atoms with van der Waals surface area (Å²) in [6.45, 7) is 1.78. The zero-order chi connectivity index (χ0) is 17.7. The summed E-state index contributed by atoms with van der Waals surface area (Å²) in [7, 11) is 1.63. The number of nitrogens with one attached hydrogen (secondary N) is 1. The standard InChI is InChI=1S/C18H17ClN4O2/c1-10-9-14(19)21-16-15(10)17(24)23(22(16)2)18(25)20-13-8-7-11-5-3-4-6-12(11)13/h3-6,9,13H,7-8H2,1-2H3,(H,20,25)/t13-/m0/s1. The van der Waals surface area contributed by atoms with Gasteiger partial charge in [0.05, 0.1) is 11.4 Å². The van der Waals surface area contributed by atoms with Crippen LogP contribution >= 0.6 is 11.6 Å². The van der Waals surface area contributed by atoms with Gasteiger partial charge in [-0.15, -0.1) is 0 Å². The van der Waals surface area contributed by atoms with E-state index in [0.29, 0.717) is 21.7 Å². The van der Waals surface area contributed by atoms with Gasteiger partial charge in [-0.2, -0.15) is 4.68 Å². The molecule has 6 nitrogen and oxygen atoms in total. The molecule has 0 spiro atoms. The zero-order valence-electron chi connectivity index (χ0n) is 13.9. The lowest BCUT2D eigenvalue weighted by atomic mass is 10.1. The van der Waals surface area contributed by atoms with Gasteiger partial charge in [0.15, 0.2) is 5.65 Å².